The Morgan fingerprint density at radius 3 is 2.29 bits per heavy atom. The number of aromatic nitrogens is 1. The van der Waals surface area contributed by atoms with Crippen LogP contribution in [0.4, 0.5) is 11.4 Å². The van der Waals surface area contributed by atoms with Crippen LogP contribution in [0.5, 0.6) is 5.88 Å². The number of benzene rings is 3. The van der Waals surface area contributed by atoms with Gasteiger partial charge in [-0.15, -0.1) is 10.2 Å². The summed E-state index contributed by atoms with van der Waals surface area (Å²) in [6.45, 7) is 1.46. The molecule has 1 amide bonds. The maximum absolute atomic E-state index is 13.4. The second-order valence-corrected chi connectivity index (χ2v) is 9.55. The first-order valence-corrected chi connectivity index (χ1v) is 12.1. The average Bonchev–Trinajstić information content (AvgIpc) is 3.11. The molecule has 0 aliphatic rings. The highest BCUT2D eigenvalue weighted by atomic mass is 32.2. The molecule has 0 unspecified atom stereocenters. The predicted molar refractivity (Wildman–Crippen MR) is 131 cm³/mol. The van der Waals surface area contributed by atoms with E-state index in [-0.39, 0.29) is 16.5 Å². The number of hydrogen-bond acceptors (Lipinski definition) is 5. The lowest BCUT2D eigenvalue weighted by atomic mass is 10.1. The molecule has 0 bridgehead atoms. The summed E-state index contributed by atoms with van der Waals surface area (Å²) in [5.74, 6) is -0.909. The molecule has 0 aliphatic carbocycles. The van der Waals surface area contributed by atoms with E-state index in [1.54, 1.807) is 49.5 Å². The molecule has 0 saturated heterocycles. The Bertz CT molecular complexity index is 1460. The minimum atomic E-state index is -4.03. The van der Waals surface area contributed by atoms with Crippen molar-refractivity contribution in [2.24, 2.45) is 17.3 Å². The van der Waals surface area contributed by atoms with Crippen LogP contribution in [0.25, 0.3) is 10.9 Å². The molecule has 4 rings (SSSR count). The zero-order valence-corrected chi connectivity index (χ0v) is 19.6. The largest absolute Gasteiger partial charge is 0.493 e. The Morgan fingerprint density at radius 1 is 0.971 bits per heavy atom. The fraction of sp³-hybridized carbons (Fsp3) is 0.160. The Hall–Kier alpha value is -3.98. The molecule has 1 aromatic heterocycles. The summed E-state index contributed by atoms with van der Waals surface area (Å²) in [6, 6.07) is 22.1. The lowest BCUT2D eigenvalue weighted by Crippen LogP contribution is -2.35. The van der Waals surface area contributed by atoms with E-state index < -0.39 is 22.5 Å². The molecule has 0 fully saturated rings. The van der Waals surface area contributed by atoms with Crippen molar-refractivity contribution >= 4 is 38.2 Å². The molecule has 4 aromatic rings. The van der Waals surface area contributed by atoms with E-state index in [1.807, 2.05) is 31.2 Å². The van der Waals surface area contributed by atoms with Crippen LogP contribution in [0, 0.1) is 0 Å². The topological polar surface area (TPSA) is 104 Å². The second kappa shape index (κ2) is 9.48. The molecule has 34 heavy (non-hydrogen) atoms. The van der Waals surface area contributed by atoms with Crippen LogP contribution >= 0.6 is 0 Å². The summed E-state index contributed by atoms with van der Waals surface area (Å²) in [6.07, 6.45) is 0.799. The van der Waals surface area contributed by atoms with Crippen molar-refractivity contribution in [1.29, 1.82) is 0 Å². The van der Waals surface area contributed by atoms with Crippen molar-refractivity contribution in [3.05, 3.63) is 84.4 Å². The third kappa shape index (κ3) is 4.42. The maximum Gasteiger partial charge on any atom is 0.285 e. The lowest BCUT2D eigenvalue weighted by Gasteiger charge is -2.23. The van der Waals surface area contributed by atoms with Gasteiger partial charge in [0.1, 0.15) is 6.54 Å². The van der Waals surface area contributed by atoms with Crippen molar-refractivity contribution in [2.75, 3.05) is 10.8 Å². The standard InChI is InChI=1S/C25H24N4O4S/c1-3-18-13-15-19(16-14-18)29(34(32,33)20-9-5-4-6-10-20)17-23(30)26-27-24-21-11-7-8-12-22(21)28(2)25(24)31/h4-16,31H,3,17H2,1-2H3. The fourth-order valence-corrected chi connectivity index (χ4v) is 5.09. The van der Waals surface area contributed by atoms with Crippen molar-refractivity contribution < 1.29 is 18.3 Å². The van der Waals surface area contributed by atoms with Gasteiger partial charge in [0.2, 0.25) is 5.88 Å². The van der Waals surface area contributed by atoms with Gasteiger partial charge in [-0.1, -0.05) is 55.5 Å². The number of anilines is 1. The SMILES string of the molecule is CCc1ccc(N(CC(=O)N=Nc2c(O)n(C)c3ccccc23)S(=O)(=O)c2ccccc2)cc1. The number of hydrogen-bond donors (Lipinski definition) is 1. The van der Waals surface area contributed by atoms with Gasteiger partial charge >= 0.3 is 0 Å². The van der Waals surface area contributed by atoms with Crippen LogP contribution in [-0.4, -0.2) is 30.5 Å². The Labute approximate surface area is 197 Å². The predicted octanol–water partition coefficient (Wildman–Crippen LogP) is 4.95. The van der Waals surface area contributed by atoms with Crippen molar-refractivity contribution in [3.8, 4) is 5.88 Å². The van der Waals surface area contributed by atoms with Gasteiger partial charge in [-0.3, -0.25) is 9.10 Å². The number of carbonyl (C=O) groups excluding carboxylic acids is 1. The fourth-order valence-electron chi connectivity index (χ4n) is 3.65. The van der Waals surface area contributed by atoms with E-state index in [2.05, 4.69) is 10.2 Å². The first-order chi connectivity index (χ1) is 16.3. The van der Waals surface area contributed by atoms with Crippen LogP contribution in [0.1, 0.15) is 12.5 Å². The molecule has 9 heteroatoms. The number of azo groups is 1. The highest BCUT2D eigenvalue weighted by molar-refractivity contribution is 7.92. The number of carbonyl (C=O) groups is 1. The van der Waals surface area contributed by atoms with Crippen LogP contribution in [0.2, 0.25) is 0 Å². The Kier molecular flexibility index (Phi) is 6.47. The summed E-state index contributed by atoms with van der Waals surface area (Å²) < 4.78 is 29.3. The zero-order valence-electron chi connectivity index (χ0n) is 18.8. The number of amides is 1. The highest BCUT2D eigenvalue weighted by Crippen LogP contribution is 2.37. The molecule has 1 heterocycles. The number of sulfonamides is 1. The molecule has 0 saturated carbocycles. The van der Waals surface area contributed by atoms with Gasteiger partial charge in [-0.05, 0) is 42.3 Å². The highest BCUT2D eigenvalue weighted by Gasteiger charge is 2.27. The number of aromatic hydroxyl groups is 1. The summed E-state index contributed by atoms with van der Waals surface area (Å²) in [5, 5.41) is 18.7. The number of para-hydroxylation sites is 1. The molecule has 8 nitrogen and oxygen atoms in total. The summed E-state index contributed by atoms with van der Waals surface area (Å²) >= 11 is 0. The quantitative estimate of drug-likeness (QED) is 0.381. The van der Waals surface area contributed by atoms with E-state index in [1.165, 1.54) is 16.7 Å². The number of fused-ring (bicyclic) bond motifs is 1. The monoisotopic (exact) mass is 476 g/mol. The van der Waals surface area contributed by atoms with E-state index in [0.29, 0.717) is 11.1 Å². The lowest BCUT2D eigenvalue weighted by molar-refractivity contribution is -0.116. The first kappa shape index (κ1) is 23.2. The molecule has 174 valence electrons. The first-order valence-electron chi connectivity index (χ1n) is 10.7. The van der Waals surface area contributed by atoms with Gasteiger partial charge in [0.25, 0.3) is 15.9 Å². The number of rotatable bonds is 7. The van der Waals surface area contributed by atoms with Gasteiger partial charge in [0.15, 0.2) is 5.69 Å². The van der Waals surface area contributed by atoms with Crippen LogP contribution in [0.15, 0.2) is 94.0 Å². The molecule has 3 aromatic carbocycles. The van der Waals surface area contributed by atoms with Gasteiger partial charge in [-0.2, -0.15) is 0 Å². The number of nitrogens with zero attached hydrogens (tertiary/aromatic N) is 4. The van der Waals surface area contributed by atoms with Crippen LogP contribution in [0.3, 0.4) is 0 Å². The van der Waals surface area contributed by atoms with E-state index in [9.17, 15) is 18.3 Å². The Morgan fingerprint density at radius 2 is 1.62 bits per heavy atom. The Balaban J connectivity index is 1.68. The van der Waals surface area contributed by atoms with Crippen LogP contribution < -0.4 is 4.31 Å². The van der Waals surface area contributed by atoms with E-state index >= 15 is 0 Å². The molecule has 0 spiro atoms. The number of aryl methyl sites for hydroxylation is 2. The summed E-state index contributed by atoms with van der Waals surface area (Å²) in [7, 11) is -2.36. The smallest absolute Gasteiger partial charge is 0.285 e. The van der Waals surface area contributed by atoms with Crippen molar-refractivity contribution in [3.63, 3.8) is 0 Å². The minimum absolute atomic E-state index is 0.0611. The van der Waals surface area contributed by atoms with E-state index in [0.717, 1.165) is 21.8 Å². The molecular formula is C25H24N4O4S. The molecule has 0 aliphatic heterocycles. The summed E-state index contributed by atoms with van der Waals surface area (Å²) in [4.78, 5) is 12.9. The second-order valence-electron chi connectivity index (χ2n) is 7.69. The zero-order chi connectivity index (χ0) is 24.3. The van der Waals surface area contributed by atoms with Gasteiger partial charge in [0.05, 0.1) is 16.1 Å². The van der Waals surface area contributed by atoms with E-state index in [4.69, 9.17) is 0 Å². The van der Waals surface area contributed by atoms with Gasteiger partial charge in [0, 0.05) is 12.4 Å². The summed E-state index contributed by atoms with van der Waals surface area (Å²) in [5.41, 5.74) is 2.26. The van der Waals surface area contributed by atoms with Crippen LogP contribution in [-0.2, 0) is 28.3 Å². The van der Waals surface area contributed by atoms with Gasteiger partial charge in [-0.25, -0.2) is 8.42 Å². The third-order valence-electron chi connectivity index (χ3n) is 5.55. The van der Waals surface area contributed by atoms with Crippen molar-refractivity contribution in [1.82, 2.24) is 4.57 Å². The molecule has 1 N–H and O–H groups in total. The molecular weight excluding hydrogens is 452 g/mol. The molecule has 0 radical (unpaired) electrons. The normalized spacial score (nSPS) is 11.8. The third-order valence-corrected chi connectivity index (χ3v) is 7.34. The van der Waals surface area contributed by atoms with Gasteiger partial charge < -0.3 is 9.67 Å². The minimum Gasteiger partial charge on any atom is -0.493 e. The van der Waals surface area contributed by atoms with Crippen molar-refractivity contribution in [2.45, 2.75) is 18.2 Å². The average molecular weight is 477 g/mol. The maximum atomic E-state index is 13.4. The molecule has 0 atom stereocenters.